The molecule has 0 unspecified atom stereocenters. The average molecular weight is 828 g/mol. The van der Waals surface area contributed by atoms with Gasteiger partial charge in [-0.2, -0.15) is 0 Å². The first-order chi connectivity index (χ1) is 32.2. The molecule has 0 atom stereocenters. The van der Waals surface area contributed by atoms with Crippen molar-refractivity contribution < 1.29 is 0 Å². The molecule has 0 radical (unpaired) electrons. The molecule has 0 aromatic heterocycles. The quantitative estimate of drug-likeness (QED) is 0.133. The fourth-order valence-corrected chi connectivity index (χ4v) is 9.18. The third-order valence-corrected chi connectivity index (χ3v) is 12.5. The van der Waals surface area contributed by atoms with Crippen LogP contribution < -0.4 is 4.90 Å². The van der Waals surface area contributed by atoms with Crippen LogP contribution in [0.1, 0.15) is 0 Å². The monoisotopic (exact) mass is 827 g/mol. The van der Waals surface area contributed by atoms with Gasteiger partial charge >= 0.3 is 0 Å². The van der Waals surface area contributed by atoms with E-state index in [2.05, 4.69) is 278 Å². The van der Waals surface area contributed by atoms with Crippen LogP contribution >= 0.6 is 0 Å². The Morgan fingerprint density at radius 1 is 0.185 bits per heavy atom. The highest BCUT2D eigenvalue weighted by atomic mass is 15.1. The summed E-state index contributed by atoms with van der Waals surface area (Å²) in [5, 5.41) is 2.48. The lowest BCUT2D eigenvalue weighted by molar-refractivity contribution is 1.28. The molecule has 1 nitrogen and oxygen atoms in total. The van der Waals surface area contributed by atoms with E-state index in [0.717, 1.165) is 22.6 Å². The summed E-state index contributed by atoms with van der Waals surface area (Å²) in [7, 11) is 0. The predicted molar refractivity (Wildman–Crippen MR) is 277 cm³/mol. The molecule has 11 aromatic carbocycles. The number of nitrogens with zero attached hydrogens (tertiary/aromatic N) is 1. The molecule has 0 bridgehead atoms. The van der Waals surface area contributed by atoms with Crippen LogP contribution in [0, 0.1) is 0 Å². The molecule has 0 heterocycles. The van der Waals surface area contributed by atoms with Gasteiger partial charge in [0.05, 0.1) is 5.69 Å². The number of hydrogen-bond acceptors (Lipinski definition) is 1. The summed E-state index contributed by atoms with van der Waals surface area (Å²) in [5.41, 5.74) is 19.9. The number of fused-ring (bicyclic) bond motifs is 1. The van der Waals surface area contributed by atoms with Crippen molar-refractivity contribution in [2.75, 3.05) is 4.90 Å². The Bertz CT molecular complexity index is 3370. The van der Waals surface area contributed by atoms with Gasteiger partial charge < -0.3 is 4.90 Å². The molecule has 1 heteroatoms. The van der Waals surface area contributed by atoms with Gasteiger partial charge in [-0.15, -0.1) is 0 Å². The Morgan fingerprint density at radius 3 is 1.12 bits per heavy atom. The normalized spacial score (nSPS) is 11.1. The van der Waals surface area contributed by atoms with Gasteiger partial charge in [0.2, 0.25) is 0 Å². The maximum absolute atomic E-state index is 2.41. The molecule has 0 spiro atoms. The van der Waals surface area contributed by atoms with Crippen molar-refractivity contribution >= 4 is 27.8 Å². The van der Waals surface area contributed by atoms with E-state index in [4.69, 9.17) is 0 Å². The summed E-state index contributed by atoms with van der Waals surface area (Å²) in [6.45, 7) is 0. The summed E-state index contributed by atoms with van der Waals surface area (Å²) in [4.78, 5) is 2.41. The van der Waals surface area contributed by atoms with Crippen molar-refractivity contribution in [3.8, 4) is 77.9 Å². The minimum Gasteiger partial charge on any atom is -0.310 e. The van der Waals surface area contributed by atoms with Crippen LogP contribution in [0.5, 0.6) is 0 Å². The maximum Gasteiger partial charge on any atom is 0.0540 e. The third-order valence-electron chi connectivity index (χ3n) is 12.5. The molecule has 0 fully saturated rings. The first kappa shape index (κ1) is 39.3. The SMILES string of the molecule is c1ccc(-c2ccc(-c3ccc(N(c4ccc(-c5ccc6ccccc6c5)cc4)c4ccccc4-c4ccccc4-c4ccc(-c5ccccc5)cc4-c4ccccc4)cc3)cc2)cc1. The standard InChI is InChI=1S/C64H45N/c1-4-16-46(17-5-1)49-28-30-50(31-29-49)51-34-39-57(40-35-51)65(58-41-36-52(37-42-58)55-33-32-48-20-10-11-23-54(48)44-55)64-27-15-14-26-62(64)60-25-13-12-24-59(60)61-43-38-56(47-18-6-2-7-19-47)45-63(61)53-21-8-3-9-22-53/h1-45H. The molecule has 0 aliphatic heterocycles. The molecule has 0 aliphatic carbocycles. The molecule has 0 saturated carbocycles. The Kier molecular flexibility index (Phi) is 10.7. The minimum atomic E-state index is 1.08. The molecule has 0 aliphatic rings. The molecular weight excluding hydrogens is 783 g/mol. The minimum absolute atomic E-state index is 1.08. The fourth-order valence-electron chi connectivity index (χ4n) is 9.18. The van der Waals surface area contributed by atoms with Gasteiger partial charge in [0.15, 0.2) is 0 Å². The Balaban J connectivity index is 1.03. The van der Waals surface area contributed by atoms with E-state index >= 15 is 0 Å². The van der Waals surface area contributed by atoms with E-state index in [-0.39, 0.29) is 0 Å². The van der Waals surface area contributed by atoms with Crippen molar-refractivity contribution in [1.82, 2.24) is 0 Å². The van der Waals surface area contributed by atoms with E-state index in [1.165, 1.54) is 83.1 Å². The van der Waals surface area contributed by atoms with Crippen LogP contribution in [-0.2, 0) is 0 Å². The third kappa shape index (κ3) is 8.04. The van der Waals surface area contributed by atoms with Gasteiger partial charge in [-0.05, 0) is 126 Å². The molecule has 0 saturated heterocycles. The van der Waals surface area contributed by atoms with Crippen LogP contribution in [0.2, 0.25) is 0 Å². The van der Waals surface area contributed by atoms with Gasteiger partial charge in [-0.1, -0.05) is 231 Å². The zero-order chi connectivity index (χ0) is 43.4. The lowest BCUT2D eigenvalue weighted by atomic mass is 9.87. The van der Waals surface area contributed by atoms with Crippen LogP contribution in [0.15, 0.2) is 273 Å². The van der Waals surface area contributed by atoms with Crippen molar-refractivity contribution in [2.45, 2.75) is 0 Å². The number of benzene rings is 11. The van der Waals surface area contributed by atoms with Crippen LogP contribution in [0.25, 0.3) is 88.7 Å². The molecule has 306 valence electrons. The number of rotatable bonds is 10. The Hall–Kier alpha value is -8.52. The molecule has 0 N–H and O–H groups in total. The fraction of sp³-hybridized carbons (Fsp3) is 0. The lowest BCUT2D eigenvalue weighted by Crippen LogP contribution is -2.11. The lowest BCUT2D eigenvalue weighted by Gasteiger charge is -2.29. The van der Waals surface area contributed by atoms with Crippen LogP contribution in [0.3, 0.4) is 0 Å². The highest BCUT2D eigenvalue weighted by Crippen LogP contribution is 2.46. The summed E-state index contributed by atoms with van der Waals surface area (Å²) >= 11 is 0. The highest BCUT2D eigenvalue weighted by molar-refractivity contribution is 5.98. The summed E-state index contributed by atoms with van der Waals surface area (Å²) in [6.07, 6.45) is 0. The van der Waals surface area contributed by atoms with E-state index in [1.807, 2.05) is 0 Å². The van der Waals surface area contributed by atoms with Crippen molar-refractivity contribution in [3.05, 3.63) is 273 Å². The first-order valence-corrected chi connectivity index (χ1v) is 22.3. The van der Waals surface area contributed by atoms with E-state index in [9.17, 15) is 0 Å². The molecule has 0 amide bonds. The number of anilines is 3. The zero-order valence-corrected chi connectivity index (χ0v) is 35.9. The highest BCUT2D eigenvalue weighted by Gasteiger charge is 2.21. The van der Waals surface area contributed by atoms with Crippen molar-refractivity contribution in [3.63, 3.8) is 0 Å². The Morgan fingerprint density at radius 2 is 0.538 bits per heavy atom. The molecule has 11 aromatic rings. The molecule has 11 rings (SSSR count). The summed E-state index contributed by atoms with van der Waals surface area (Å²) < 4.78 is 0. The maximum atomic E-state index is 2.41. The van der Waals surface area contributed by atoms with Crippen LogP contribution in [-0.4, -0.2) is 0 Å². The number of hydrogen-bond donors (Lipinski definition) is 0. The topological polar surface area (TPSA) is 3.24 Å². The smallest absolute Gasteiger partial charge is 0.0540 e. The van der Waals surface area contributed by atoms with Gasteiger partial charge in [-0.3, -0.25) is 0 Å². The second kappa shape index (κ2) is 17.7. The van der Waals surface area contributed by atoms with Gasteiger partial charge in [0.25, 0.3) is 0 Å². The second-order valence-electron chi connectivity index (χ2n) is 16.5. The van der Waals surface area contributed by atoms with E-state index in [0.29, 0.717) is 0 Å². The average Bonchev–Trinajstić information content (AvgIpc) is 3.40. The second-order valence-corrected chi connectivity index (χ2v) is 16.5. The predicted octanol–water partition coefficient (Wildman–Crippen LogP) is 18.0. The first-order valence-electron chi connectivity index (χ1n) is 22.3. The van der Waals surface area contributed by atoms with Crippen molar-refractivity contribution in [1.29, 1.82) is 0 Å². The largest absolute Gasteiger partial charge is 0.310 e. The summed E-state index contributed by atoms with van der Waals surface area (Å²) in [6, 6.07) is 98.9. The summed E-state index contributed by atoms with van der Waals surface area (Å²) in [5.74, 6) is 0. The molecule has 65 heavy (non-hydrogen) atoms. The van der Waals surface area contributed by atoms with Gasteiger partial charge in [-0.25, -0.2) is 0 Å². The zero-order valence-electron chi connectivity index (χ0n) is 35.9. The van der Waals surface area contributed by atoms with E-state index < -0.39 is 0 Å². The number of para-hydroxylation sites is 1. The molecular formula is C64H45N. The van der Waals surface area contributed by atoms with Gasteiger partial charge in [0, 0.05) is 16.9 Å². The van der Waals surface area contributed by atoms with Gasteiger partial charge in [0.1, 0.15) is 0 Å². The Labute approximate surface area is 381 Å². The van der Waals surface area contributed by atoms with Crippen LogP contribution in [0.4, 0.5) is 17.1 Å². The van der Waals surface area contributed by atoms with E-state index in [1.54, 1.807) is 0 Å². The van der Waals surface area contributed by atoms with Crippen molar-refractivity contribution in [2.24, 2.45) is 0 Å².